The summed E-state index contributed by atoms with van der Waals surface area (Å²) in [4.78, 5) is 0. The first-order valence-corrected chi connectivity index (χ1v) is 3.94. The summed E-state index contributed by atoms with van der Waals surface area (Å²) in [6.07, 6.45) is -6.83. The Morgan fingerprint density at radius 2 is 1.13 bits per heavy atom. The number of rotatable bonds is 2. The molecule has 0 spiro atoms. The van der Waals surface area contributed by atoms with E-state index in [0.29, 0.717) is 0 Å². The molecule has 12 heteroatoms. The molecule has 0 unspecified atom stereocenters. The number of hydrogen-bond acceptors (Lipinski definition) is 3. The van der Waals surface area contributed by atoms with E-state index in [0.717, 1.165) is 0 Å². The SMILES string of the molecule is O=S(=O)([O-])C(F)(F)C(F)(F)C(F)(F)F.[Na+]. The van der Waals surface area contributed by atoms with Crippen LogP contribution in [0.1, 0.15) is 0 Å². The van der Waals surface area contributed by atoms with Gasteiger partial charge >= 0.3 is 46.9 Å². The van der Waals surface area contributed by atoms with Crippen molar-refractivity contribution in [1.29, 1.82) is 0 Å². The van der Waals surface area contributed by atoms with Gasteiger partial charge in [0.05, 0.1) is 0 Å². The molecule has 0 saturated carbocycles. The van der Waals surface area contributed by atoms with Gasteiger partial charge in [0.15, 0.2) is 10.1 Å². The minimum Gasteiger partial charge on any atom is -0.743 e. The Hall–Kier alpha value is 0.420. The second kappa shape index (κ2) is 4.35. The summed E-state index contributed by atoms with van der Waals surface area (Å²) in [6, 6.07) is 0. The first-order chi connectivity index (χ1) is 5.75. The predicted molar refractivity (Wildman–Crippen MR) is 25.6 cm³/mol. The zero-order chi connectivity index (χ0) is 12.0. The van der Waals surface area contributed by atoms with Crippen LogP contribution in [0.15, 0.2) is 0 Å². The van der Waals surface area contributed by atoms with Crippen LogP contribution >= 0.6 is 0 Å². The Kier molecular flexibility index (Phi) is 5.17. The van der Waals surface area contributed by atoms with Gasteiger partial charge in [-0.05, 0) is 0 Å². The molecule has 0 aromatic heterocycles. The summed E-state index contributed by atoms with van der Waals surface area (Å²) in [5, 5.41) is -6.72. The average Bonchev–Trinajstić information content (AvgIpc) is 1.81. The van der Waals surface area contributed by atoms with Crippen molar-refractivity contribution in [2.45, 2.75) is 17.4 Å². The summed E-state index contributed by atoms with van der Waals surface area (Å²) in [5.41, 5.74) is 0. The third kappa shape index (κ3) is 2.96. The normalized spacial score (nSPS) is 14.7. The Labute approximate surface area is 101 Å². The largest absolute Gasteiger partial charge is 1.00 e. The van der Waals surface area contributed by atoms with Crippen LogP contribution in [0, 0.1) is 0 Å². The Bertz CT molecular complexity index is 319. The minimum atomic E-state index is -7.10. The standard InChI is InChI=1S/C3HF7O3S.Na/c4-1(5,2(6,7)8)3(9,10)14(11,12)13;/h(H,11,12,13);/q;+1/p-1. The quantitative estimate of drug-likeness (QED) is 0.343. The molecule has 0 bridgehead atoms. The van der Waals surface area contributed by atoms with Crippen molar-refractivity contribution in [3.05, 3.63) is 0 Å². The molecule has 0 aromatic rings. The van der Waals surface area contributed by atoms with Crippen LogP contribution in [0.25, 0.3) is 0 Å². The summed E-state index contributed by atoms with van der Waals surface area (Å²) in [5.74, 6) is -6.92. The molecule has 0 aliphatic carbocycles. The molecule has 0 heterocycles. The molecule has 0 amide bonds. The van der Waals surface area contributed by atoms with Crippen LogP contribution in [-0.4, -0.2) is 30.3 Å². The van der Waals surface area contributed by atoms with Crippen molar-refractivity contribution in [2.75, 3.05) is 0 Å². The maximum absolute atomic E-state index is 11.8. The van der Waals surface area contributed by atoms with Crippen LogP contribution < -0.4 is 29.6 Å². The van der Waals surface area contributed by atoms with E-state index in [1.165, 1.54) is 0 Å². The van der Waals surface area contributed by atoms with E-state index >= 15 is 0 Å². The number of hydrogen-bond donors (Lipinski definition) is 0. The molecule has 0 fully saturated rings. The molecule has 3 nitrogen and oxygen atoms in total. The zero-order valence-electron chi connectivity index (χ0n) is 6.78. The Balaban J connectivity index is 0. The fourth-order valence-electron chi connectivity index (χ4n) is 0.322. The molecule has 15 heavy (non-hydrogen) atoms. The van der Waals surface area contributed by atoms with Gasteiger partial charge in [-0.2, -0.15) is 30.7 Å². The van der Waals surface area contributed by atoms with E-state index in [4.69, 9.17) is 0 Å². The smallest absolute Gasteiger partial charge is 0.743 e. The van der Waals surface area contributed by atoms with Crippen LogP contribution in [0.2, 0.25) is 0 Å². The van der Waals surface area contributed by atoms with Crippen LogP contribution in [0.5, 0.6) is 0 Å². The number of halogens is 7. The fraction of sp³-hybridized carbons (Fsp3) is 1.00. The van der Waals surface area contributed by atoms with E-state index in [1.807, 2.05) is 0 Å². The van der Waals surface area contributed by atoms with Crippen molar-refractivity contribution in [2.24, 2.45) is 0 Å². The van der Waals surface area contributed by atoms with E-state index in [2.05, 4.69) is 0 Å². The molecule has 0 rings (SSSR count). The second-order valence-electron chi connectivity index (χ2n) is 2.04. The molecule has 0 aliphatic heterocycles. The Morgan fingerprint density at radius 1 is 0.867 bits per heavy atom. The molecule has 0 saturated heterocycles. The van der Waals surface area contributed by atoms with Gasteiger partial charge in [0.25, 0.3) is 0 Å². The molecule has 0 radical (unpaired) electrons. The van der Waals surface area contributed by atoms with Gasteiger partial charge in [0.2, 0.25) is 0 Å². The molecule has 0 N–H and O–H groups in total. The Morgan fingerprint density at radius 3 is 1.20 bits per heavy atom. The van der Waals surface area contributed by atoms with Gasteiger partial charge in [-0.15, -0.1) is 0 Å². The van der Waals surface area contributed by atoms with Crippen molar-refractivity contribution < 1.29 is 73.3 Å². The van der Waals surface area contributed by atoms with E-state index < -0.39 is 27.5 Å². The first kappa shape index (κ1) is 17.8. The molecule has 0 aromatic carbocycles. The van der Waals surface area contributed by atoms with Crippen LogP contribution in [0.4, 0.5) is 30.7 Å². The van der Waals surface area contributed by atoms with Gasteiger partial charge in [-0.1, -0.05) is 0 Å². The molecule has 86 valence electrons. The molecular weight excluding hydrogens is 272 g/mol. The van der Waals surface area contributed by atoms with Crippen molar-refractivity contribution in [3.63, 3.8) is 0 Å². The van der Waals surface area contributed by atoms with Gasteiger partial charge in [0, 0.05) is 0 Å². The van der Waals surface area contributed by atoms with Crippen LogP contribution in [0.3, 0.4) is 0 Å². The summed E-state index contributed by atoms with van der Waals surface area (Å²) in [7, 11) is -7.10. The molecule has 0 aliphatic rings. The summed E-state index contributed by atoms with van der Waals surface area (Å²) < 4.78 is 109. The van der Waals surface area contributed by atoms with Gasteiger partial charge in [-0.3, -0.25) is 0 Å². The van der Waals surface area contributed by atoms with Crippen molar-refractivity contribution in [1.82, 2.24) is 0 Å². The van der Waals surface area contributed by atoms with Crippen molar-refractivity contribution in [3.8, 4) is 0 Å². The topological polar surface area (TPSA) is 57.2 Å². The van der Waals surface area contributed by atoms with Crippen molar-refractivity contribution >= 4 is 10.1 Å². The van der Waals surface area contributed by atoms with E-state index in [-0.39, 0.29) is 29.6 Å². The summed E-state index contributed by atoms with van der Waals surface area (Å²) in [6.45, 7) is 0. The molecular formula is C3F7NaO3S. The van der Waals surface area contributed by atoms with E-state index in [1.54, 1.807) is 0 Å². The maximum atomic E-state index is 11.8. The minimum absolute atomic E-state index is 0. The average molecular weight is 272 g/mol. The predicted octanol–water partition coefficient (Wildman–Crippen LogP) is -1.67. The maximum Gasteiger partial charge on any atom is 1.00 e. The van der Waals surface area contributed by atoms with Crippen LogP contribution in [-0.2, 0) is 10.1 Å². The van der Waals surface area contributed by atoms with Gasteiger partial charge < -0.3 is 4.55 Å². The second-order valence-corrected chi connectivity index (χ2v) is 3.46. The molecule has 0 atom stereocenters. The summed E-state index contributed by atoms with van der Waals surface area (Å²) >= 11 is 0. The zero-order valence-corrected chi connectivity index (χ0v) is 9.60. The van der Waals surface area contributed by atoms with Gasteiger partial charge in [-0.25, -0.2) is 8.42 Å². The van der Waals surface area contributed by atoms with Gasteiger partial charge in [0.1, 0.15) is 0 Å². The number of alkyl halides is 7. The van der Waals surface area contributed by atoms with E-state index in [9.17, 15) is 43.7 Å². The third-order valence-electron chi connectivity index (χ3n) is 1.04. The first-order valence-electron chi connectivity index (χ1n) is 2.53. The third-order valence-corrected chi connectivity index (χ3v) is 1.92. The monoisotopic (exact) mass is 272 g/mol. The fourth-order valence-corrected chi connectivity index (χ4v) is 0.752.